The maximum absolute atomic E-state index is 14.9. The van der Waals surface area contributed by atoms with Gasteiger partial charge in [0, 0.05) is 17.3 Å². The molecule has 0 fully saturated rings. The second kappa shape index (κ2) is 7.65. The Balaban J connectivity index is 1.73. The summed E-state index contributed by atoms with van der Waals surface area (Å²) < 4.78 is 65.2. The molecule has 1 aromatic heterocycles. The lowest BCUT2D eigenvalue weighted by Gasteiger charge is -2.38. The van der Waals surface area contributed by atoms with Crippen molar-refractivity contribution in [3.05, 3.63) is 53.1 Å². The second-order valence-electron chi connectivity index (χ2n) is 8.69. The molecule has 0 aliphatic carbocycles. The minimum atomic E-state index is -3.59. The summed E-state index contributed by atoms with van der Waals surface area (Å²) in [5.41, 5.74) is -0.432. The summed E-state index contributed by atoms with van der Waals surface area (Å²) in [6, 6.07) is 5.47. The highest BCUT2D eigenvalue weighted by molar-refractivity contribution is 7.93. The standard InChI is InChI=1S/C23H24F2N2O4S/c1-14-22(2,3)32(28,29)13-23(4,27-14)16-9-15(5-6-17(16)24)10-18(25)19-11-20-21(12-26-19)31-8-7-30-20/h5-6,9-12H,7-8,13H2,1-4H3/b18-10-/t23-/m0/s1. The molecule has 0 amide bonds. The van der Waals surface area contributed by atoms with E-state index in [1.165, 1.54) is 36.5 Å². The lowest BCUT2D eigenvalue weighted by Crippen LogP contribution is -2.50. The molecule has 170 valence electrons. The number of pyridine rings is 1. The number of hydrogen-bond acceptors (Lipinski definition) is 6. The number of nitrogens with zero attached hydrogens (tertiary/aromatic N) is 2. The molecular formula is C23H24F2N2O4S. The molecule has 0 N–H and O–H groups in total. The number of aliphatic imine (C=N–C) groups is 1. The van der Waals surface area contributed by atoms with Crippen molar-refractivity contribution in [2.45, 2.75) is 38.0 Å². The first-order valence-corrected chi connectivity index (χ1v) is 11.8. The number of hydrogen-bond donors (Lipinski definition) is 0. The molecule has 2 aromatic rings. The third-order valence-electron chi connectivity index (χ3n) is 6.07. The zero-order valence-electron chi connectivity index (χ0n) is 18.3. The Morgan fingerprint density at radius 1 is 1.12 bits per heavy atom. The van der Waals surface area contributed by atoms with Crippen molar-refractivity contribution in [3.63, 3.8) is 0 Å². The molecule has 0 saturated carbocycles. The lowest BCUT2D eigenvalue weighted by atomic mass is 9.91. The first-order valence-electron chi connectivity index (χ1n) is 10.2. The maximum atomic E-state index is 14.9. The molecule has 0 unspecified atom stereocenters. The highest BCUT2D eigenvalue weighted by Crippen LogP contribution is 2.39. The van der Waals surface area contributed by atoms with Crippen LogP contribution < -0.4 is 9.47 Å². The summed E-state index contributed by atoms with van der Waals surface area (Å²) in [6.07, 6.45) is 2.60. The van der Waals surface area contributed by atoms with Crippen LogP contribution in [0.3, 0.4) is 0 Å². The zero-order chi connectivity index (χ0) is 23.3. The van der Waals surface area contributed by atoms with E-state index >= 15 is 0 Å². The lowest BCUT2D eigenvalue weighted by molar-refractivity contribution is 0.170. The molecule has 2 aliphatic heterocycles. The SMILES string of the molecule is CC1=N[C@](C)(c2cc(/C=C(\F)c3cc4c(cn3)OCCO4)ccc2F)CS(=O)(=O)C1(C)C. The molecule has 1 atom stereocenters. The molecule has 9 heteroatoms. The molecule has 1 aromatic carbocycles. The van der Waals surface area contributed by atoms with Gasteiger partial charge in [0.2, 0.25) is 0 Å². The summed E-state index contributed by atoms with van der Waals surface area (Å²) in [4.78, 5) is 8.61. The summed E-state index contributed by atoms with van der Waals surface area (Å²) in [7, 11) is -3.59. The van der Waals surface area contributed by atoms with Crippen LogP contribution in [0.1, 0.15) is 44.5 Å². The maximum Gasteiger partial charge on any atom is 0.179 e. The van der Waals surface area contributed by atoms with Gasteiger partial charge in [-0.05, 0) is 51.5 Å². The van der Waals surface area contributed by atoms with Crippen molar-refractivity contribution in [1.29, 1.82) is 0 Å². The Hall–Kier alpha value is -2.81. The molecule has 6 nitrogen and oxygen atoms in total. The number of ether oxygens (including phenoxy) is 2. The first kappa shape index (κ1) is 22.4. The fraction of sp³-hybridized carbons (Fsp3) is 0.391. The van der Waals surface area contributed by atoms with Crippen molar-refractivity contribution < 1.29 is 26.7 Å². The van der Waals surface area contributed by atoms with Gasteiger partial charge in [-0.25, -0.2) is 22.2 Å². The van der Waals surface area contributed by atoms with Gasteiger partial charge in [0.15, 0.2) is 21.3 Å². The van der Waals surface area contributed by atoms with Crippen molar-refractivity contribution in [3.8, 4) is 11.5 Å². The van der Waals surface area contributed by atoms with E-state index in [0.29, 0.717) is 36.0 Å². The Morgan fingerprint density at radius 3 is 2.50 bits per heavy atom. The Kier molecular flexibility index (Phi) is 5.35. The van der Waals surface area contributed by atoms with Crippen LogP contribution in [0.4, 0.5) is 8.78 Å². The fourth-order valence-electron chi connectivity index (χ4n) is 3.80. The van der Waals surface area contributed by atoms with E-state index in [1.807, 2.05) is 0 Å². The fourth-order valence-corrected chi connectivity index (χ4v) is 5.61. The first-order chi connectivity index (χ1) is 14.9. The van der Waals surface area contributed by atoms with E-state index in [9.17, 15) is 17.2 Å². The number of sulfone groups is 1. The molecule has 0 radical (unpaired) electrons. The van der Waals surface area contributed by atoms with Gasteiger partial charge < -0.3 is 9.47 Å². The summed E-state index contributed by atoms with van der Waals surface area (Å²) in [6.45, 7) is 7.15. The average Bonchev–Trinajstić information content (AvgIpc) is 2.73. The van der Waals surface area contributed by atoms with Crippen LogP contribution in [0.5, 0.6) is 11.5 Å². The Bertz CT molecular complexity index is 1250. The van der Waals surface area contributed by atoms with Gasteiger partial charge in [-0.2, -0.15) is 0 Å². The molecule has 2 aliphatic rings. The number of fused-ring (bicyclic) bond motifs is 1. The van der Waals surface area contributed by atoms with E-state index in [1.54, 1.807) is 27.7 Å². The Labute approximate surface area is 185 Å². The van der Waals surface area contributed by atoms with Crippen LogP contribution in [0.25, 0.3) is 11.9 Å². The molecule has 32 heavy (non-hydrogen) atoms. The van der Waals surface area contributed by atoms with Crippen molar-refractivity contribution >= 4 is 27.5 Å². The summed E-state index contributed by atoms with van der Waals surface area (Å²) >= 11 is 0. The molecule has 0 bridgehead atoms. The van der Waals surface area contributed by atoms with Gasteiger partial charge in [-0.3, -0.25) is 4.99 Å². The average molecular weight is 463 g/mol. The van der Waals surface area contributed by atoms with E-state index in [4.69, 9.17) is 9.47 Å². The highest BCUT2D eigenvalue weighted by atomic mass is 32.2. The van der Waals surface area contributed by atoms with Crippen LogP contribution in [-0.4, -0.2) is 42.8 Å². The quantitative estimate of drug-likeness (QED) is 0.678. The van der Waals surface area contributed by atoms with E-state index < -0.39 is 31.8 Å². The van der Waals surface area contributed by atoms with Crippen LogP contribution in [0.2, 0.25) is 0 Å². The largest absolute Gasteiger partial charge is 0.486 e. The van der Waals surface area contributed by atoms with Gasteiger partial charge in [0.25, 0.3) is 0 Å². The second-order valence-corrected chi connectivity index (χ2v) is 11.2. The molecular weight excluding hydrogens is 438 g/mol. The minimum absolute atomic E-state index is 0.0437. The van der Waals surface area contributed by atoms with E-state index in [-0.39, 0.29) is 17.0 Å². The van der Waals surface area contributed by atoms with Crippen LogP contribution in [0, 0.1) is 5.82 Å². The summed E-state index contributed by atoms with van der Waals surface area (Å²) in [5, 5.41) is 0. The van der Waals surface area contributed by atoms with Gasteiger partial charge in [-0.15, -0.1) is 0 Å². The third-order valence-corrected chi connectivity index (χ3v) is 8.87. The van der Waals surface area contributed by atoms with Crippen molar-refractivity contribution in [1.82, 2.24) is 4.98 Å². The minimum Gasteiger partial charge on any atom is -0.486 e. The van der Waals surface area contributed by atoms with Gasteiger partial charge in [-0.1, -0.05) is 6.07 Å². The zero-order valence-corrected chi connectivity index (χ0v) is 19.1. The number of rotatable bonds is 3. The Morgan fingerprint density at radius 2 is 1.81 bits per heavy atom. The highest BCUT2D eigenvalue weighted by Gasteiger charge is 2.48. The monoisotopic (exact) mass is 462 g/mol. The van der Waals surface area contributed by atoms with Gasteiger partial charge >= 0.3 is 0 Å². The molecule has 0 saturated heterocycles. The number of aromatic nitrogens is 1. The van der Waals surface area contributed by atoms with Gasteiger partial charge in [0.1, 0.15) is 35.3 Å². The van der Waals surface area contributed by atoms with Crippen LogP contribution in [0.15, 0.2) is 35.5 Å². The third kappa shape index (κ3) is 3.79. The topological polar surface area (TPSA) is 77.9 Å². The van der Waals surface area contributed by atoms with Crippen molar-refractivity contribution in [2.75, 3.05) is 19.0 Å². The molecule has 4 rings (SSSR count). The number of benzene rings is 1. The molecule has 0 spiro atoms. The predicted octanol–water partition coefficient (Wildman–Crippen LogP) is 4.34. The predicted molar refractivity (Wildman–Crippen MR) is 119 cm³/mol. The van der Waals surface area contributed by atoms with Gasteiger partial charge in [0.05, 0.1) is 17.5 Å². The summed E-state index contributed by atoms with van der Waals surface area (Å²) in [5.74, 6) is -0.757. The normalized spacial score (nSPS) is 24.1. The van der Waals surface area contributed by atoms with Crippen molar-refractivity contribution in [2.24, 2.45) is 4.99 Å². The smallest absolute Gasteiger partial charge is 0.179 e. The molecule has 3 heterocycles. The number of halogens is 2. The van der Waals surface area contributed by atoms with E-state index in [0.717, 1.165) is 0 Å². The van der Waals surface area contributed by atoms with Crippen LogP contribution >= 0.6 is 0 Å². The van der Waals surface area contributed by atoms with E-state index in [2.05, 4.69) is 9.98 Å². The van der Waals surface area contributed by atoms with Crippen LogP contribution in [-0.2, 0) is 15.4 Å².